The molecule has 41 heavy (non-hydrogen) atoms. The molecule has 3 N–H and O–H groups in total. The number of rotatable bonds is 8. The van der Waals surface area contributed by atoms with E-state index < -0.39 is 11.8 Å². The van der Waals surface area contributed by atoms with E-state index in [4.69, 9.17) is 9.72 Å². The van der Waals surface area contributed by atoms with E-state index in [1.54, 1.807) is 37.7 Å². The molecule has 12 nitrogen and oxygen atoms in total. The molecule has 1 aliphatic heterocycles. The smallest absolute Gasteiger partial charge is 0.254 e. The highest BCUT2D eigenvalue weighted by Gasteiger charge is 2.32. The van der Waals surface area contributed by atoms with Crippen molar-refractivity contribution in [2.45, 2.75) is 57.9 Å². The molecule has 0 aliphatic carbocycles. The number of nitriles is 1. The van der Waals surface area contributed by atoms with Crippen molar-refractivity contribution in [1.29, 1.82) is 5.26 Å². The van der Waals surface area contributed by atoms with Crippen LogP contribution in [0.5, 0.6) is 5.75 Å². The van der Waals surface area contributed by atoms with Gasteiger partial charge >= 0.3 is 0 Å². The van der Waals surface area contributed by atoms with E-state index in [0.29, 0.717) is 35.5 Å². The van der Waals surface area contributed by atoms with Gasteiger partial charge in [-0.05, 0) is 58.7 Å². The highest BCUT2D eigenvalue weighted by Crippen LogP contribution is 2.32. The lowest BCUT2D eigenvalue weighted by Gasteiger charge is -2.40. The topological polar surface area (TPSA) is 154 Å². The number of pyridine rings is 2. The Morgan fingerprint density at radius 1 is 1.22 bits per heavy atom. The Kier molecular flexibility index (Phi) is 7.42. The molecule has 0 saturated carbocycles. The molecule has 1 unspecified atom stereocenters. The number of ether oxygens (including phenoxy) is 1. The van der Waals surface area contributed by atoms with E-state index in [9.17, 15) is 20.3 Å². The summed E-state index contributed by atoms with van der Waals surface area (Å²) in [4.78, 5) is 19.7. The highest BCUT2D eigenvalue weighted by molar-refractivity contribution is 5.94. The van der Waals surface area contributed by atoms with Gasteiger partial charge in [0.15, 0.2) is 0 Å². The number of fused-ring (bicyclic) bond motifs is 1. The summed E-state index contributed by atoms with van der Waals surface area (Å²) in [5, 5.41) is 40.9. The summed E-state index contributed by atoms with van der Waals surface area (Å²) < 4.78 is 8.77. The molecular formula is C29H34N8O4. The number of hydrogen-bond donors (Lipinski definition) is 3. The first-order chi connectivity index (χ1) is 19.4. The standard InChI is InChI=1S/C29H34N8O4/c1-19(38)36-16-22(15-32-36)27(39)34-29(4)7-9-35(10-8-29)25-6-5-20(13-31-25)24-11-23(41-18-28(2,3)40)17-37-26(24)21(12-30)14-33-37/h5-6,11,13-17,19,38,40H,7-10,18H2,1-4H3,(H,34,39). The number of amides is 1. The Labute approximate surface area is 237 Å². The second kappa shape index (κ2) is 10.8. The maximum atomic E-state index is 12.8. The van der Waals surface area contributed by atoms with E-state index in [-0.39, 0.29) is 18.1 Å². The van der Waals surface area contributed by atoms with Gasteiger partial charge in [0, 0.05) is 42.1 Å². The second-order valence-corrected chi connectivity index (χ2v) is 11.4. The molecule has 214 valence electrons. The van der Waals surface area contributed by atoms with Crippen LogP contribution in [0.25, 0.3) is 16.6 Å². The zero-order valence-corrected chi connectivity index (χ0v) is 23.6. The molecule has 1 amide bonds. The Bertz CT molecular complexity index is 1590. The summed E-state index contributed by atoms with van der Waals surface area (Å²) in [7, 11) is 0. The molecular weight excluding hydrogens is 524 g/mol. The fourth-order valence-corrected chi connectivity index (χ4v) is 4.83. The van der Waals surface area contributed by atoms with Gasteiger partial charge in [-0.25, -0.2) is 14.2 Å². The summed E-state index contributed by atoms with van der Waals surface area (Å²) >= 11 is 0. The van der Waals surface area contributed by atoms with Crippen LogP contribution in [0.4, 0.5) is 5.82 Å². The van der Waals surface area contributed by atoms with Crippen molar-refractivity contribution in [3.8, 4) is 22.9 Å². The Morgan fingerprint density at radius 3 is 2.59 bits per heavy atom. The zero-order chi connectivity index (χ0) is 29.4. The monoisotopic (exact) mass is 558 g/mol. The van der Waals surface area contributed by atoms with E-state index in [0.717, 1.165) is 29.8 Å². The van der Waals surface area contributed by atoms with E-state index >= 15 is 0 Å². The molecule has 5 rings (SSSR count). The van der Waals surface area contributed by atoms with Gasteiger partial charge < -0.3 is 25.2 Å². The quantitative estimate of drug-likeness (QED) is 0.296. The van der Waals surface area contributed by atoms with E-state index in [1.807, 2.05) is 25.1 Å². The second-order valence-electron chi connectivity index (χ2n) is 11.4. The highest BCUT2D eigenvalue weighted by atomic mass is 16.5. The molecule has 1 atom stereocenters. The average molecular weight is 559 g/mol. The van der Waals surface area contributed by atoms with Gasteiger partial charge in [-0.1, -0.05) is 0 Å². The van der Waals surface area contributed by atoms with Crippen LogP contribution >= 0.6 is 0 Å². The number of nitrogens with one attached hydrogen (secondary N) is 1. The predicted molar refractivity (Wildman–Crippen MR) is 151 cm³/mol. The number of aliphatic hydroxyl groups excluding tert-OH is 1. The molecule has 1 fully saturated rings. The first-order valence-electron chi connectivity index (χ1n) is 13.5. The summed E-state index contributed by atoms with van der Waals surface area (Å²) in [5.41, 5.74) is 1.67. The number of hydrogen-bond acceptors (Lipinski definition) is 9. The molecule has 12 heteroatoms. The fourth-order valence-electron chi connectivity index (χ4n) is 4.83. The Morgan fingerprint density at radius 2 is 1.98 bits per heavy atom. The molecule has 1 saturated heterocycles. The average Bonchev–Trinajstić information content (AvgIpc) is 3.59. The third-order valence-electron chi connectivity index (χ3n) is 7.21. The van der Waals surface area contributed by atoms with Gasteiger partial charge in [-0.3, -0.25) is 4.79 Å². The molecule has 0 bridgehead atoms. The third kappa shape index (κ3) is 6.16. The fraction of sp³-hybridized carbons (Fsp3) is 0.414. The number of aromatic nitrogens is 5. The SMILES string of the molecule is CC(O)n1cc(C(=O)NC2(C)CCN(c3ccc(-c4cc(OCC(C)(C)O)cn5ncc(C#N)c45)cn3)CC2)cn1. The van der Waals surface area contributed by atoms with Crippen LogP contribution in [-0.2, 0) is 0 Å². The molecule has 0 radical (unpaired) electrons. The minimum Gasteiger partial charge on any atom is -0.489 e. The number of nitrogens with zero attached hydrogens (tertiary/aromatic N) is 7. The molecule has 0 aromatic carbocycles. The first-order valence-corrected chi connectivity index (χ1v) is 13.5. The van der Waals surface area contributed by atoms with E-state index in [1.165, 1.54) is 23.3 Å². The first kappa shape index (κ1) is 28.1. The largest absolute Gasteiger partial charge is 0.489 e. The van der Waals surface area contributed by atoms with Crippen LogP contribution in [0.1, 0.15) is 62.7 Å². The summed E-state index contributed by atoms with van der Waals surface area (Å²) in [6.07, 6.45) is 8.64. The van der Waals surface area contributed by atoms with Gasteiger partial charge in [-0.15, -0.1) is 0 Å². The minimum atomic E-state index is -1.00. The maximum absolute atomic E-state index is 12.8. The number of carbonyl (C=O) groups is 1. The van der Waals surface area contributed by atoms with E-state index in [2.05, 4.69) is 26.5 Å². The van der Waals surface area contributed by atoms with Crippen molar-refractivity contribution >= 4 is 17.2 Å². The third-order valence-corrected chi connectivity index (χ3v) is 7.21. The van der Waals surface area contributed by atoms with Crippen molar-refractivity contribution in [3.05, 3.63) is 60.3 Å². The lowest BCUT2D eigenvalue weighted by Crippen LogP contribution is -2.53. The van der Waals surface area contributed by atoms with Crippen LogP contribution in [-0.4, -0.2) is 71.3 Å². The lowest BCUT2D eigenvalue weighted by molar-refractivity contribution is 0.0283. The van der Waals surface area contributed by atoms with Crippen molar-refractivity contribution in [2.24, 2.45) is 0 Å². The van der Waals surface area contributed by atoms with Gasteiger partial charge in [0.05, 0.1) is 40.8 Å². The molecule has 1 aliphatic rings. The predicted octanol–water partition coefficient (Wildman–Crippen LogP) is 2.91. The Balaban J connectivity index is 1.30. The summed E-state index contributed by atoms with van der Waals surface area (Å²) in [6.45, 7) is 8.47. The van der Waals surface area contributed by atoms with Crippen LogP contribution in [0, 0.1) is 11.3 Å². The minimum absolute atomic E-state index is 0.0986. The van der Waals surface area contributed by atoms with Gasteiger partial charge in [0.25, 0.3) is 5.91 Å². The maximum Gasteiger partial charge on any atom is 0.254 e. The summed E-state index contributed by atoms with van der Waals surface area (Å²) in [6, 6.07) is 7.94. The Hall–Kier alpha value is -4.47. The number of anilines is 1. The van der Waals surface area contributed by atoms with Crippen LogP contribution in [0.15, 0.2) is 49.2 Å². The number of aliphatic hydroxyl groups is 2. The van der Waals surface area contributed by atoms with Crippen LogP contribution in [0.2, 0.25) is 0 Å². The van der Waals surface area contributed by atoms with Crippen molar-refractivity contribution in [3.63, 3.8) is 0 Å². The normalized spacial score (nSPS) is 15.9. The molecule has 4 aromatic heterocycles. The van der Waals surface area contributed by atoms with Gasteiger partial charge in [-0.2, -0.15) is 15.5 Å². The number of carbonyl (C=O) groups excluding carboxylic acids is 1. The summed E-state index contributed by atoms with van der Waals surface area (Å²) in [5.74, 6) is 1.12. The van der Waals surface area contributed by atoms with Crippen molar-refractivity contribution < 1.29 is 19.7 Å². The van der Waals surface area contributed by atoms with Gasteiger partial charge in [0.1, 0.15) is 30.5 Å². The van der Waals surface area contributed by atoms with Gasteiger partial charge in [0.2, 0.25) is 0 Å². The molecule has 5 heterocycles. The van der Waals surface area contributed by atoms with Crippen molar-refractivity contribution in [2.75, 3.05) is 24.6 Å². The lowest BCUT2D eigenvalue weighted by atomic mass is 9.89. The van der Waals surface area contributed by atoms with Crippen LogP contribution in [0.3, 0.4) is 0 Å². The molecule has 0 spiro atoms. The zero-order valence-electron chi connectivity index (χ0n) is 23.6. The van der Waals surface area contributed by atoms with Crippen LogP contribution < -0.4 is 15.0 Å². The molecule has 4 aromatic rings. The number of piperidine rings is 1. The van der Waals surface area contributed by atoms with Crippen molar-refractivity contribution in [1.82, 2.24) is 29.7 Å².